The van der Waals surface area contributed by atoms with Crippen molar-refractivity contribution in [1.82, 2.24) is 0 Å². The summed E-state index contributed by atoms with van der Waals surface area (Å²) in [5.74, 6) is 3.59. The lowest BCUT2D eigenvalue weighted by Gasteiger charge is -2.21. The van der Waals surface area contributed by atoms with E-state index in [4.69, 9.17) is 28.4 Å². The van der Waals surface area contributed by atoms with Gasteiger partial charge in [-0.1, -0.05) is 6.07 Å². The van der Waals surface area contributed by atoms with Crippen LogP contribution in [0.3, 0.4) is 0 Å². The Morgan fingerprint density at radius 2 is 1.45 bits per heavy atom. The second-order valence-corrected chi connectivity index (χ2v) is 7.03. The highest BCUT2D eigenvalue weighted by Gasteiger charge is 2.36. The van der Waals surface area contributed by atoms with E-state index in [-0.39, 0.29) is 17.9 Å². The van der Waals surface area contributed by atoms with Crippen LogP contribution in [0.2, 0.25) is 0 Å². The predicted octanol–water partition coefficient (Wildman–Crippen LogP) is 4.11. The van der Waals surface area contributed by atoms with Crippen molar-refractivity contribution >= 4 is 0 Å². The van der Waals surface area contributed by atoms with E-state index in [0.29, 0.717) is 23.9 Å². The van der Waals surface area contributed by atoms with Crippen LogP contribution in [-0.2, 0) is 11.2 Å². The molecule has 6 heteroatoms. The molecule has 2 aromatic rings. The molecule has 0 amide bonds. The molecule has 0 saturated carbocycles. The molecule has 2 aromatic carbocycles. The molecule has 3 atom stereocenters. The third kappa shape index (κ3) is 4.22. The largest absolute Gasteiger partial charge is 0.493 e. The lowest BCUT2D eigenvalue weighted by Crippen LogP contribution is -2.14. The molecule has 157 valence electrons. The molecule has 0 unspecified atom stereocenters. The first-order valence-electron chi connectivity index (χ1n) is 9.51. The Hall–Kier alpha value is -2.60. The predicted molar refractivity (Wildman–Crippen MR) is 110 cm³/mol. The summed E-state index contributed by atoms with van der Waals surface area (Å²) >= 11 is 0. The fourth-order valence-electron chi connectivity index (χ4n) is 3.85. The normalized spacial score (nSPS) is 21.0. The van der Waals surface area contributed by atoms with Gasteiger partial charge in [0.15, 0.2) is 23.0 Å². The lowest BCUT2D eigenvalue weighted by atomic mass is 9.85. The molecule has 0 bridgehead atoms. The Morgan fingerprint density at radius 1 is 0.828 bits per heavy atom. The SMILES string of the molecule is [CH2][C@@H]1[C@@H](Cc2ccc(OC)c(OC)c2)CO[C@@H]1c1cc(OC)c(OC)c(OC)c1. The van der Waals surface area contributed by atoms with Crippen LogP contribution in [0.1, 0.15) is 17.2 Å². The van der Waals surface area contributed by atoms with Crippen LogP contribution in [0.4, 0.5) is 0 Å². The van der Waals surface area contributed by atoms with Gasteiger partial charge in [-0.15, -0.1) is 0 Å². The molecule has 3 rings (SSSR count). The van der Waals surface area contributed by atoms with Crippen molar-refractivity contribution in [2.24, 2.45) is 11.8 Å². The number of hydrogen-bond donors (Lipinski definition) is 0. The summed E-state index contributed by atoms with van der Waals surface area (Å²) < 4.78 is 33.3. The fraction of sp³-hybridized carbons (Fsp3) is 0.435. The minimum absolute atomic E-state index is 0.0749. The average Bonchev–Trinajstić information content (AvgIpc) is 3.12. The quantitative estimate of drug-likeness (QED) is 0.664. The zero-order valence-corrected chi connectivity index (χ0v) is 17.7. The van der Waals surface area contributed by atoms with Crippen LogP contribution in [-0.4, -0.2) is 42.2 Å². The second kappa shape index (κ2) is 9.27. The number of benzene rings is 2. The molecule has 0 N–H and O–H groups in total. The number of ether oxygens (including phenoxy) is 6. The van der Waals surface area contributed by atoms with E-state index in [1.807, 2.05) is 24.3 Å². The van der Waals surface area contributed by atoms with Crippen LogP contribution in [0.5, 0.6) is 28.7 Å². The lowest BCUT2D eigenvalue weighted by molar-refractivity contribution is 0.0968. The van der Waals surface area contributed by atoms with Gasteiger partial charge in [-0.25, -0.2) is 0 Å². The highest BCUT2D eigenvalue weighted by molar-refractivity contribution is 5.54. The monoisotopic (exact) mass is 401 g/mol. The number of methoxy groups -OCH3 is 5. The molecule has 0 aromatic heterocycles. The third-order valence-corrected chi connectivity index (χ3v) is 5.45. The minimum atomic E-state index is -0.145. The van der Waals surface area contributed by atoms with Crippen molar-refractivity contribution < 1.29 is 28.4 Å². The molecule has 1 saturated heterocycles. The van der Waals surface area contributed by atoms with Crippen molar-refractivity contribution in [2.75, 3.05) is 42.2 Å². The molecule has 1 aliphatic heterocycles. The average molecular weight is 401 g/mol. The van der Waals surface area contributed by atoms with Gasteiger partial charge < -0.3 is 28.4 Å². The van der Waals surface area contributed by atoms with Gasteiger partial charge in [0.05, 0.1) is 48.3 Å². The Balaban J connectivity index is 1.80. The van der Waals surface area contributed by atoms with Gasteiger partial charge in [-0.2, -0.15) is 0 Å². The van der Waals surface area contributed by atoms with Gasteiger partial charge in [0.2, 0.25) is 5.75 Å². The zero-order chi connectivity index (χ0) is 21.0. The Kier molecular flexibility index (Phi) is 6.75. The summed E-state index contributed by atoms with van der Waals surface area (Å²) in [6.07, 6.45) is 0.698. The van der Waals surface area contributed by atoms with Crippen LogP contribution in [0.25, 0.3) is 0 Å². The molecule has 1 radical (unpaired) electrons. The third-order valence-electron chi connectivity index (χ3n) is 5.45. The summed E-state index contributed by atoms with van der Waals surface area (Å²) in [5.41, 5.74) is 2.13. The van der Waals surface area contributed by atoms with Crippen LogP contribution < -0.4 is 23.7 Å². The van der Waals surface area contributed by atoms with Crippen molar-refractivity contribution in [2.45, 2.75) is 12.5 Å². The molecule has 0 spiro atoms. The highest BCUT2D eigenvalue weighted by Crippen LogP contribution is 2.45. The first-order chi connectivity index (χ1) is 14.1. The summed E-state index contributed by atoms with van der Waals surface area (Å²) in [5, 5.41) is 0. The summed E-state index contributed by atoms with van der Waals surface area (Å²) in [7, 11) is 8.09. The van der Waals surface area contributed by atoms with Crippen LogP contribution in [0.15, 0.2) is 30.3 Å². The van der Waals surface area contributed by atoms with Gasteiger partial charge in [0.1, 0.15) is 0 Å². The van der Waals surface area contributed by atoms with Crippen molar-refractivity contribution in [3.05, 3.63) is 48.4 Å². The second-order valence-electron chi connectivity index (χ2n) is 7.03. The molecule has 6 nitrogen and oxygen atoms in total. The summed E-state index contributed by atoms with van der Waals surface area (Å²) in [6.45, 7) is 5.04. The van der Waals surface area contributed by atoms with Gasteiger partial charge in [-0.3, -0.25) is 0 Å². The van der Waals surface area contributed by atoms with Crippen LogP contribution >= 0.6 is 0 Å². The van der Waals surface area contributed by atoms with Crippen molar-refractivity contribution in [1.29, 1.82) is 0 Å². The van der Waals surface area contributed by atoms with Gasteiger partial charge in [-0.05, 0) is 60.6 Å². The molecule has 0 aliphatic carbocycles. The maximum Gasteiger partial charge on any atom is 0.203 e. The molecular weight excluding hydrogens is 372 g/mol. The van der Waals surface area contributed by atoms with E-state index in [1.165, 1.54) is 0 Å². The standard InChI is InChI=1S/C23H29O6/c1-14-17(9-15-7-8-18(24-2)19(10-15)25-3)13-29-22(14)16-11-20(26-4)23(28-6)21(12-16)27-5/h7-8,10-12,14,17,22H,1,9,13H2,2-6H3/t14-,17+,22+/m1/s1. The van der Waals surface area contributed by atoms with E-state index in [0.717, 1.165) is 29.0 Å². The fourth-order valence-corrected chi connectivity index (χ4v) is 3.85. The van der Waals surface area contributed by atoms with Gasteiger partial charge in [0, 0.05) is 0 Å². The maximum atomic E-state index is 6.14. The van der Waals surface area contributed by atoms with Gasteiger partial charge in [0.25, 0.3) is 0 Å². The van der Waals surface area contributed by atoms with E-state index in [2.05, 4.69) is 13.0 Å². The Bertz CT molecular complexity index is 809. The number of hydrogen-bond acceptors (Lipinski definition) is 6. The first kappa shape index (κ1) is 21.1. The van der Waals surface area contributed by atoms with E-state index in [9.17, 15) is 0 Å². The first-order valence-corrected chi connectivity index (χ1v) is 9.51. The van der Waals surface area contributed by atoms with Crippen molar-refractivity contribution in [3.8, 4) is 28.7 Å². The summed E-state index contributed by atoms with van der Waals surface area (Å²) in [4.78, 5) is 0. The molecular formula is C23H29O6. The molecule has 1 fully saturated rings. The van der Waals surface area contributed by atoms with E-state index < -0.39 is 0 Å². The minimum Gasteiger partial charge on any atom is -0.493 e. The topological polar surface area (TPSA) is 55.4 Å². The Labute approximate surface area is 172 Å². The maximum absolute atomic E-state index is 6.14. The highest BCUT2D eigenvalue weighted by atomic mass is 16.5. The van der Waals surface area contributed by atoms with Gasteiger partial charge >= 0.3 is 0 Å². The van der Waals surface area contributed by atoms with Crippen molar-refractivity contribution in [3.63, 3.8) is 0 Å². The molecule has 1 heterocycles. The Morgan fingerprint density at radius 3 is 2.00 bits per heavy atom. The zero-order valence-electron chi connectivity index (χ0n) is 17.7. The molecule has 29 heavy (non-hydrogen) atoms. The number of rotatable bonds is 8. The smallest absolute Gasteiger partial charge is 0.203 e. The van der Waals surface area contributed by atoms with E-state index >= 15 is 0 Å². The van der Waals surface area contributed by atoms with Crippen LogP contribution in [0, 0.1) is 18.8 Å². The van der Waals surface area contributed by atoms with E-state index in [1.54, 1.807) is 35.5 Å². The summed E-state index contributed by atoms with van der Waals surface area (Å²) in [6, 6.07) is 9.86. The molecule has 1 aliphatic rings.